The average molecular weight is 615 g/mol. The summed E-state index contributed by atoms with van der Waals surface area (Å²) in [5.74, 6) is -0.927. The van der Waals surface area contributed by atoms with Crippen LogP contribution < -0.4 is 29.7 Å². The highest BCUT2D eigenvalue weighted by Gasteiger charge is 2.36. The maximum absolute atomic E-state index is 13.1. The van der Waals surface area contributed by atoms with E-state index in [9.17, 15) is 19.2 Å². The first-order valence-corrected chi connectivity index (χ1v) is 12.5. The first kappa shape index (κ1) is 27.7. The lowest BCUT2D eigenvalue weighted by Crippen LogP contribution is -2.54. The van der Waals surface area contributed by atoms with E-state index in [1.54, 1.807) is 37.4 Å². The summed E-state index contributed by atoms with van der Waals surface area (Å²) < 4.78 is 16.6. The molecule has 1 heterocycles. The van der Waals surface area contributed by atoms with Crippen LogP contribution in [0.2, 0.25) is 5.02 Å². The third-order valence-corrected chi connectivity index (χ3v) is 6.31. The van der Waals surface area contributed by atoms with Crippen molar-refractivity contribution in [3.05, 3.63) is 81.3 Å². The second kappa shape index (κ2) is 12.0. The van der Waals surface area contributed by atoms with Gasteiger partial charge in [-0.25, -0.2) is 9.69 Å². The molecule has 4 rings (SSSR count). The van der Waals surface area contributed by atoms with Gasteiger partial charge in [-0.15, -0.1) is 0 Å². The van der Waals surface area contributed by atoms with Gasteiger partial charge in [0, 0.05) is 10.7 Å². The van der Waals surface area contributed by atoms with Gasteiger partial charge in [-0.1, -0.05) is 11.6 Å². The Hall–Kier alpha value is -4.35. The lowest BCUT2D eigenvalue weighted by atomic mass is 10.1. The number of carbonyl (C=O) groups excluding carboxylic acids is 4. The Labute approximate surface area is 236 Å². The summed E-state index contributed by atoms with van der Waals surface area (Å²) in [6, 6.07) is 15.1. The maximum Gasteiger partial charge on any atom is 0.335 e. The number of amides is 5. The van der Waals surface area contributed by atoms with Gasteiger partial charge in [0.25, 0.3) is 17.7 Å². The van der Waals surface area contributed by atoms with E-state index in [0.29, 0.717) is 26.5 Å². The molecule has 0 aromatic heterocycles. The van der Waals surface area contributed by atoms with Gasteiger partial charge in [0.2, 0.25) is 0 Å². The highest BCUT2D eigenvalue weighted by atomic mass is 79.9. The molecule has 1 aliphatic heterocycles. The van der Waals surface area contributed by atoms with Crippen molar-refractivity contribution in [1.82, 2.24) is 5.32 Å². The van der Waals surface area contributed by atoms with E-state index in [1.807, 2.05) is 0 Å². The van der Waals surface area contributed by atoms with Crippen molar-refractivity contribution in [2.75, 3.05) is 31.0 Å². The van der Waals surface area contributed by atoms with Crippen LogP contribution in [0.5, 0.6) is 17.2 Å². The van der Waals surface area contributed by atoms with Crippen LogP contribution in [0, 0.1) is 0 Å². The number of benzene rings is 3. The molecular weight excluding hydrogens is 594 g/mol. The lowest BCUT2D eigenvalue weighted by molar-refractivity contribution is -0.122. The van der Waals surface area contributed by atoms with E-state index < -0.39 is 23.8 Å². The molecule has 0 bridgehead atoms. The number of nitrogens with one attached hydrogen (secondary N) is 2. The smallest absolute Gasteiger partial charge is 0.335 e. The molecule has 5 amide bonds. The minimum Gasteiger partial charge on any atom is -0.497 e. The van der Waals surface area contributed by atoms with Crippen LogP contribution in [-0.4, -0.2) is 44.6 Å². The van der Waals surface area contributed by atoms with Crippen molar-refractivity contribution in [3.63, 3.8) is 0 Å². The van der Waals surface area contributed by atoms with Gasteiger partial charge in [0.05, 0.1) is 24.4 Å². The molecule has 0 radical (unpaired) electrons. The zero-order valence-corrected chi connectivity index (χ0v) is 23.0. The zero-order chi connectivity index (χ0) is 28.1. The number of urea groups is 1. The number of imide groups is 2. The van der Waals surface area contributed by atoms with Crippen LogP contribution in [0.25, 0.3) is 6.08 Å². The molecule has 0 saturated carbocycles. The summed E-state index contributed by atoms with van der Waals surface area (Å²) in [6.07, 6.45) is 1.32. The zero-order valence-electron chi connectivity index (χ0n) is 20.6. The van der Waals surface area contributed by atoms with E-state index in [4.69, 9.17) is 25.8 Å². The molecule has 3 aromatic carbocycles. The van der Waals surface area contributed by atoms with Crippen molar-refractivity contribution in [3.8, 4) is 17.2 Å². The van der Waals surface area contributed by atoms with Crippen LogP contribution >= 0.6 is 27.5 Å². The SMILES string of the molecule is COc1ccc(NC(=O)COc2c(Br)cc(/C=C3/C(=O)NC(=O)N(c4ccc(Cl)cc4)C3=O)cc2OC)cc1. The number of ether oxygens (including phenoxy) is 3. The molecule has 1 saturated heterocycles. The highest BCUT2D eigenvalue weighted by Crippen LogP contribution is 2.37. The Bertz CT molecular complexity index is 1470. The van der Waals surface area contributed by atoms with Crippen LogP contribution in [0.1, 0.15) is 5.56 Å². The summed E-state index contributed by atoms with van der Waals surface area (Å²) in [4.78, 5) is 51.3. The number of carbonyl (C=O) groups is 4. The number of rotatable bonds is 8. The Morgan fingerprint density at radius 3 is 2.36 bits per heavy atom. The van der Waals surface area contributed by atoms with E-state index >= 15 is 0 Å². The number of barbiturate groups is 1. The molecule has 200 valence electrons. The third-order valence-electron chi connectivity index (χ3n) is 5.47. The monoisotopic (exact) mass is 613 g/mol. The number of halogens is 2. The number of nitrogens with zero attached hydrogens (tertiary/aromatic N) is 1. The average Bonchev–Trinajstić information content (AvgIpc) is 2.91. The van der Waals surface area contributed by atoms with Crippen molar-refractivity contribution >= 4 is 68.7 Å². The van der Waals surface area contributed by atoms with E-state index in [0.717, 1.165) is 4.90 Å². The van der Waals surface area contributed by atoms with Crippen LogP contribution in [0.3, 0.4) is 0 Å². The fourth-order valence-corrected chi connectivity index (χ4v) is 4.32. The van der Waals surface area contributed by atoms with Gasteiger partial charge in [0.15, 0.2) is 18.1 Å². The molecule has 12 heteroatoms. The van der Waals surface area contributed by atoms with Gasteiger partial charge in [-0.05, 0) is 88.2 Å². The second-order valence-corrected chi connectivity index (χ2v) is 9.32. The van der Waals surface area contributed by atoms with Crippen molar-refractivity contribution in [2.45, 2.75) is 0 Å². The van der Waals surface area contributed by atoms with Gasteiger partial charge in [-0.2, -0.15) is 0 Å². The Morgan fingerprint density at radius 2 is 1.72 bits per heavy atom. The van der Waals surface area contributed by atoms with Gasteiger partial charge in [0.1, 0.15) is 11.3 Å². The quantitative estimate of drug-likeness (QED) is 0.276. The minimum atomic E-state index is -0.875. The number of hydrogen-bond acceptors (Lipinski definition) is 7. The van der Waals surface area contributed by atoms with Crippen LogP contribution in [0.4, 0.5) is 16.2 Å². The summed E-state index contributed by atoms with van der Waals surface area (Å²) in [7, 11) is 2.95. The predicted molar refractivity (Wildman–Crippen MR) is 148 cm³/mol. The summed E-state index contributed by atoms with van der Waals surface area (Å²) in [5, 5.41) is 5.30. The molecule has 1 fully saturated rings. The molecule has 0 atom stereocenters. The Balaban J connectivity index is 1.53. The molecule has 10 nitrogen and oxygen atoms in total. The molecule has 0 spiro atoms. The third kappa shape index (κ3) is 6.39. The minimum absolute atomic E-state index is 0.238. The summed E-state index contributed by atoms with van der Waals surface area (Å²) >= 11 is 9.29. The molecule has 1 aliphatic rings. The van der Waals surface area contributed by atoms with Crippen LogP contribution in [0.15, 0.2) is 70.7 Å². The molecule has 0 aliphatic carbocycles. The maximum atomic E-state index is 13.1. The van der Waals surface area contributed by atoms with Gasteiger partial charge in [-0.3, -0.25) is 19.7 Å². The molecule has 3 aromatic rings. The fraction of sp³-hybridized carbons (Fsp3) is 0.111. The van der Waals surface area contributed by atoms with E-state index in [2.05, 4.69) is 26.6 Å². The first-order chi connectivity index (χ1) is 18.7. The Morgan fingerprint density at radius 1 is 1.03 bits per heavy atom. The molecule has 0 unspecified atom stereocenters. The van der Waals surface area contributed by atoms with Crippen molar-refractivity contribution in [1.29, 1.82) is 0 Å². The summed E-state index contributed by atoms with van der Waals surface area (Å²) in [5.41, 5.74) is 0.943. The van der Waals surface area contributed by atoms with E-state index in [1.165, 1.54) is 43.5 Å². The molecular formula is C27H21BrClN3O7. The number of hydrogen-bond donors (Lipinski definition) is 2. The highest BCUT2D eigenvalue weighted by molar-refractivity contribution is 9.10. The Kier molecular flexibility index (Phi) is 8.52. The fourth-order valence-electron chi connectivity index (χ4n) is 3.62. The second-order valence-electron chi connectivity index (χ2n) is 8.03. The normalized spacial score (nSPS) is 14.2. The van der Waals surface area contributed by atoms with Crippen molar-refractivity contribution in [2.24, 2.45) is 0 Å². The summed E-state index contributed by atoms with van der Waals surface area (Å²) in [6.45, 7) is -0.319. The number of methoxy groups -OCH3 is 2. The topological polar surface area (TPSA) is 123 Å². The first-order valence-electron chi connectivity index (χ1n) is 11.3. The largest absolute Gasteiger partial charge is 0.497 e. The standard InChI is InChI=1S/C27H21BrClN3O7/c1-37-19-9-5-17(6-10-19)30-23(33)14-39-24-21(28)12-15(13-22(24)38-2)11-20-25(34)31-27(36)32(26(20)35)18-7-3-16(29)4-8-18/h3-13H,14H2,1-2H3,(H,30,33)(H,31,34,36)/b20-11-. The van der Waals surface area contributed by atoms with Crippen molar-refractivity contribution < 1.29 is 33.4 Å². The van der Waals surface area contributed by atoms with Gasteiger partial charge < -0.3 is 19.5 Å². The molecule has 2 N–H and O–H groups in total. The van der Waals surface area contributed by atoms with Gasteiger partial charge >= 0.3 is 6.03 Å². The van der Waals surface area contributed by atoms with Crippen LogP contribution in [-0.2, 0) is 14.4 Å². The predicted octanol–water partition coefficient (Wildman–Crippen LogP) is 4.80. The van der Waals surface area contributed by atoms with E-state index in [-0.39, 0.29) is 29.4 Å². The lowest BCUT2D eigenvalue weighted by Gasteiger charge is -2.26. The number of anilines is 2. The molecule has 39 heavy (non-hydrogen) atoms.